The van der Waals surface area contributed by atoms with Crippen LogP contribution in [-0.4, -0.2) is 46.2 Å². The molecule has 2 amide bonds. The Labute approximate surface area is 163 Å². The lowest BCUT2D eigenvalue weighted by molar-refractivity contribution is -0.151. The summed E-state index contributed by atoms with van der Waals surface area (Å²) in [5, 5.41) is 19.2. The first-order valence-corrected chi connectivity index (χ1v) is 9.60. The highest BCUT2D eigenvalue weighted by Crippen LogP contribution is 2.41. The van der Waals surface area contributed by atoms with Crippen molar-refractivity contribution in [3.63, 3.8) is 0 Å². The van der Waals surface area contributed by atoms with Gasteiger partial charge in [-0.2, -0.15) is 0 Å². The van der Waals surface area contributed by atoms with Gasteiger partial charge in [0.1, 0.15) is 11.9 Å². The predicted molar refractivity (Wildman–Crippen MR) is 103 cm³/mol. The standard InChI is InChI=1S/C20H26N4O4/c21-18(22)14-3-1-12(2-4-14)11-23-19(27)16-9-10-24(16)20(28)15(13-5-6-13)7-8-17(25)26/h1-4,13,15-16H,5-11H2,(H3,21,22)(H,23,27)(H,25,26)/t15-,16+/m1/s1. The summed E-state index contributed by atoms with van der Waals surface area (Å²) in [5.74, 6) is -1.20. The van der Waals surface area contributed by atoms with Gasteiger partial charge < -0.3 is 21.1 Å². The number of carboxylic acid groups (broad SMARTS) is 1. The van der Waals surface area contributed by atoms with Crippen LogP contribution in [0.15, 0.2) is 24.3 Å². The lowest BCUT2D eigenvalue weighted by Gasteiger charge is -2.41. The molecular weight excluding hydrogens is 360 g/mol. The van der Waals surface area contributed by atoms with E-state index in [0.29, 0.717) is 31.5 Å². The molecule has 0 radical (unpaired) electrons. The van der Waals surface area contributed by atoms with Gasteiger partial charge in [0.2, 0.25) is 11.8 Å². The minimum Gasteiger partial charge on any atom is -0.481 e. The SMILES string of the molecule is N=C(N)c1ccc(CNC(=O)[C@@H]2CCN2C(=O)[C@H](CCC(=O)O)C2CC2)cc1. The van der Waals surface area contributed by atoms with E-state index in [1.165, 1.54) is 0 Å². The van der Waals surface area contributed by atoms with Crippen LogP contribution in [-0.2, 0) is 20.9 Å². The van der Waals surface area contributed by atoms with E-state index in [1.54, 1.807) is 29.2 Å². The van der Waals surface area contributed by atoms with Crippen molar-refractivity contribution in [1.82, 2.24) is 10.2 Å². The monoisotopic (exact) mass is 386 g/mol. The van der Waals surface area contributed by atoms with E-state index in [-0.39, 0.29) is 35.9 Å². The maximum absolute atomic E-state index is 12.8. The number of hydrogen-bond acceptors (Lipinski definition) is 4. The number of hydrogen-bond donors (Lipinski definition) is 4. The second-order valence-electron chi connectivity index (χ2n) is 7.54. The van der Waals surface area contributed by atoms with Crippen molar-refractivity contribution in [1.29, 1.82) is 5.41 Å². The van der Waals surface area contributed by atoms with Crippen molar-refractivity contribution in [2.24, 2.45) is 17.6 Å². The topological polar surface area (TPSA) is 137 Å². The van der Waals surface area contributed by atoms with E-state index in [1.807, 2.05) is 0 Å². The third kappa shape index (κ3) is 4.68. The number of rotatable bonds is 9. The van der Waals surface area contributed by atoms with Gasteiger partial charge in [0.25, 0.3) is 0 Å². The molecule has 0 aromatic heterocycles. The second kappa shape index (κ2) is 8.41. The molecule has 1 aromatic rings. The molecule has 8 heteroatoms. The Balaban J connectivity index is 1.53. The largest absolute Gasteiger partial charge is 0.481 e. The van der Waals surface area contributed by atoms with Gasteiger partial charge in [-0.05, 0) is 37.2 Å². The van der Waals surface area contributed by atoms with E-state index >= 15 is 0 Å². The van der Waals surface area contributed by atoms with Gasteiger partial charge in [0.05, 0.1) is 0 Å². The number of nitrogens with one attached hydrogen (secondary N) is 2. The highest BCUT2D eigenvalue weighted by atomic mass is 16.4. The quantitative estimate of drug-likeness (QED) is 0.372. The number of benzene rings is 1. The van der Waals surface area contributed by atoms with E-state index in [9.17, 15) is 14.4 Å². The van der Waals surface area contributed by atoms with Crippen LogP contribution in [0.1, 0.15) is 43.2 Å². The van der Waals surface area contributed by atoms with E-state index in [2.05, 4.69) is 5.32 Å². The van der Waals surface area contributed by atoms with Crippen molar-refractivity contribution in [2.75, 3.05) is 6.54 Å². The number of carbonyl (C=O) groups excluding carboxylic acids is 2. The number of amidine groups is 1. The third-order valence-corrected chi connectivity index (χ3v) is 5.51. The zero-order chi connectivity index (χ0) is 20.3. The molecule has 0 unspecified atom stereocenters. The lowest BCUT2D eigenvalue weighted by atomic mass is 9.92. The van der Waals surface area contributed by atoms with Crippen LogP contribution < -0.4 is 11.1 Å². The van der Waals surface area contributed by atoms with Crippen LogP contribution in [0.2, 0.25) is 0 Å². The van der Waals surface area contributed by atoms with E-state index in [0.717, 1.165) is 18.4 Å². The van der Waals surface area contributed by atoms with Crippen LogP contribution >= 0.6 is 0 Å². The summed E-state index contributed by atoms with van der Waals surface area (Å²) in [4.78, 5) is 37.8. The van der Waals surface area contributed by atoms with Crippen LogP contribution in [0.4, 0.5) is 0 Å². The van der Waals surface area contributed by atoms with Gasteiger partial charge >= 0.3 is 5.97 Å². The highest BCUT2D eigenvalue weighted by molar-refractivity contribution is 5.95. The van der Waals surface area contributed by atoms with Gasteiger partial charge in [-0.15, -0.1) is 0 Å². The number of nitrogens with zero attached hydrogens (tertiary/aromatic N) is 1. The smallest absolute Gasteiger partial charge is 0.303 e. The average Bonchev–Trinajstić information content (AvgIpc) is 3.44. The van der Waals surface area contributed by atoms with Crippen LogP contribution in [0.25, 0.3) is 0 Å². The minimum absolute atomic E-state index is 0.00711. The highest BCUT2D eigenvalue weighted by Gasteiger charge is 2.44. The average molecular weight is 386 g/mol. The molecule has 1 aromatic carbocycles. The molecule has 1 heterocycles. The van der Waals surface area contributed by atoms with Crippen LogP contribution in [0.3, 0.4) is 0 Å². The summed E-state index contributed by atoms with van der Waals surface area (Å²) in [6.07, 6.45) is 2.85. The van der Waals surface area contributed by atoms with Crippen molar-refractivity contribution in [2.45, 2.75) is 44.7 Å². The predicted octanol–water partition coefficient (Wildman–Crippen LogP) is 1.08. The molecular formula is C20H26N4O4. The number of nitrogens with two attached hydrogens (primary N) is 1. The minimum atomic E-state index is -0.896. The maximum Gasteiger partial charge on any atom is 0.303 e. The molecule has 1 saturated carbocycles. The van der Waals surface area contributed by atoms with Crippen LogP contribution in [0, 0.1) is 17.2 Å². The zero-order valence-electron chi connectivity index (χ0n) is 15.7. The van der Waals surface area contributed by atoms with Crippen LogP contribution in [0.5, 0.6) is 0 Å². The molecule has 1 aliphatic carbocycles. The second-order valence-corrected chi connectivity index (χ2v) is 7.54. The van der Waals surface area contributed by atoms with Gasteiger partial charge in [-0.3, -0.25) is 19.8 Å². The summed E-state index contributed by atoms with van der Waals surface area (Å²) in [7, 11) is 0. The first kappa shape index (κ1) is 19.9. The van der Waals surface area contributed by atoms with Gasteiger partial charge in [0.15, 0.2) is 0 Å². The molecule has 0 spiro atoms. The Morgan fingerprint density at radius 3 is 2.39 bits per heavy atom. The molecule has 1 saturated heterocycles. The summed E-state index contributed by atoms with van der Waals surface area (Å²) >= 11 is 0. The molecule has 150 valence electrons. The summed E-state index contributed by atoms with van der Waals surface area (Å²) < 4.78 is 0. The number of likely N-dealkylation sites (tertiary alicyclic amines) is 1. The number of nitrogen functional groups attached to an aromatic ring is 1. The van der Waals surface area contributed by atoms with E-state index < -0.39 is 12.0 Å². The number of carbonyl (C=O) groups is 3. The van der Waals surface area contributed by atoms with Crippen molar-refractivity contribution in [3.8, 4) is 0 Å². The first-order valence-electron chi connectivity index (χ1n) is 9.60. The van der Waals surface area contributed by atoms with Gasteiger partial charge in [-0.25, -0.2) is 0 Å². The molecule has 28 heavy (non-hydrogen) atoms. The van der Waals surface area contributed by atoms with Gasteiger partial charge in [-0.1, -0.05) is 24.3 Å². The van der Waals surface area contributed by atoms with Crippen molar-refractivity contribution >= 4 is 23.6 Å². The summed E-state index contributed by atoms with van der Waals surface area (Å²) in [6, 6.07) is 6.58. The fourth-order valence-electron chi connectivity index (χ4n) is 3.58. The van der Waals surface area contributed by atoms with E-state index in [4.69, 9.17) is 16.2 Å². The van der Waals surface area contributed by atoms with Crippen molar-refractivity contribution in [3.05, 3.63) is 35.4 Å². The van der Waals surface area contributed by atoms with Gasteiger partial charge in [0, 0.05) is 31.0 Å². The fourth-order valence-corrected chi connectivity index (χ4v) is 3.58. The molecule has 0 bridgehead atoms. The normalized spacial score (nSPS) is 19.4. The number of amides is 2. The number of aliphatic carboxylic acids is 1. The van der Waals surface area contributed by atoms with Crippen molar-refractivity contribution < 1.29 is 19.5 Å². The Morgan fingerprint density at radius 2 is 1.89 bits per heavy atom. The Morgan fingerprint density at radius 1 is 1.21 bits per heavy atom. The molecule has 8 nitrogen and oxygen atoms in total. The molecule has 1 aliphatic heterocycles. The maximum atomic E-state index is 12.8. The summed E-state index contributed by atoms with van der Waals surface area (Å²) in [5.41, 5.74) is 6.93. The first-order chi connectivity index (χ1) is 13.4. The Bertz CT molecular complexity index is 773. The fraction of sp³-hybridized carbons (Fsp3) is 0.500. The Hall–Kier alpha value is -2.90. The lowest BCUT2D eigenvalue weighted by Crippen LogP contribution is -2.59. The molecule has 3 rings (SSSR count). The number of carboxylic acids is 1. The molecule has 2 atom stereocenters. The molecule has 2 aliphatic rings. The molecule has 2 fully saturated rings. The third-order valence-electron chi connectivity index (χ3n) is 5.51. The zero-order valence-corrected chi connectivity index (χ0v) is 15.7. The summed E-state index contributed by atoms with van der Waals surface area (Å²) in [6.45, 7) is 0.876. The molecule has 5 N–H and O–H groups in total. The Kier molecular flexibility index (Phi) is 5.96.